The molecule has 0 atom stereocenters. The lowest BCUT2D eigenvalue weighted by atomic mass is 10.1. The molecule has 0 unspecified atom stereocenters. The summed E-state index contributed by atoms with van der Waals surface area (Å²) in [6.07, 6.45) is 0. The first-order valence-corrected chi connectivity index (χ1v) is 5.81. The fraction of sp³-hybridized carbons (Fsp3) is 0.143. The number of nitrogen functional groups attached to an aromatic ring is 1. The maximum Gasteiger partial charge on any atom is 0.161 e. The van der Waals surface area contributed by atoms with Crippen molar-refractivity contribution in [3.05, 3.63) is 58.9 Å². The van der Waals surface area contributed by atoms with Gasteiger partial charge in [0.25, 0.3) is 0 Å². The van der Waals surface area contributed by atoms with Crippen molar-refractivity contribution in [3.8, 4) is 0 Å². The Kier molecular flexibility index (Phi) is 2.62. The van der Waals surface area contributed by atoms with Crippen LogP contribution >= 0.6 is 0 Å². The van der Waals surface area contributed by atoms with Crippen molar-refractivity contribution >= 4 is 11.4 Å². The molecule has 1 heterocycles. The molecule has 0 radical (unpaired) electrons. The second-order valence-corrected chi connectivity index (χ2v) is 4.60. The molecule has 0 aromatic heterocycles. The highest BCUT2D eigenvalue weighted by Crippen LogP contribution is 2.32. The first-order valence-electron chi connectivity index (χ1n) is 5.81. The SMILES string of the molecule is Nc1ccc2c(c1)CN(c1cc(F)c(F)cc1F)C2. The number of hydrogen-bond acceptors (Lipinski definition) is 2. The van der Waals surface area contributed by atoms with Crippen LogP contribution in [0.1, 0.15) is 11.1 Å². The molecule has 0 saturated carbocycles. The van der Waals surface area contributed by atoms with Gasteiger partial charge in [0.05, 0.1) is 5.69 Å². The normalized spacial score (nSPS) is 13.7. The average Bonchev–Trinajstić information content (AvgIpc) is 2.76. The molecule has 19 heavy (non-hydrogen) atoms. The van der Waals surface area contributed by atoms with Gasteiger partial charge in [0.1, 0.15) is 5.82 Å². The van der Waals surface area contributed by atoms with Gasteiger partial charge in [0, 0.05) is 30.9 Å². The third-order valence-corrected chi connectivity index (χ3v) is 3.28. The van der Waals surface area contributed by atoms with E-state index in [1.807, 2.05) is 12.1 Å². The van der Waals surface area contributed by atoms with Gasteiger partial charge in [-0.25, -0.2) is 13.2 Å². The van der Waals surface area contributed by atoms with Gasteiger partial charge in [-0.05, 0) is 23.3 Å². The molecule has 0 saturated heterocycles. The van der Waals surface area contributed by atoms with Crippen molar-refractivity contribution in [3.63, 3.8) is 0 Å². The van der Waals surface area contributed by atoms with Crippen molar-refractivity contribution in [2.45, 2.75) is 13.1 Å². The topological polar surface area (TPSA) is 29.3 Å². The number of nitrogens with zero attached hydrogens (tertiary/aromatic N) is 1. The van der Waals surface area contributed by atoms with Gasteiger partial charge >= 0.3 is 0 Å². The lowest BCUT2D eigenvalue weighted by Crippen LogP contribution is -2.16. The molecule has 0 amide bonds. The lowest BCUT2D eigenvalue weighted by molar-refractivity contribution is 0.494. The van der Waals surface area contributed by atoms with Crippen LogP contribution in [0.4, 0.5) is 24.5 Å². The van der Waals surface area contributed by atoms with E-state index in [2.05, 4.69) is 0 Å². The highest BCUT2D eigenvalue weighted by Gasteiger charge is 2.23. The van der Waals surface area contributed by atoms with Gasteiger partial charge in [0.2, 0.25) is 0 Å². The van der Waals surface area contributed by atoms with E-state index >= 15 is 0 Å². The fourth-order valence-corrected chi connectivity index (χ4v) is 2.34. The molecule has 2 aromatic carbocycles. The first kappa shape index (κ1) is 11.9. The van der Waals surface area contributed by atoms with Gasteiger partial charge in [-0.1, -0.05) is 6.07 Å². The number of halogens is 3. The van der Waals surface area contributed by atoms with Crippen LogP contribution in [0, 0.1) is 17.5 Å². The zero-order valence-electron chi connectivity index (χ0n) is 9.96. The summed E-state index contributed by atoms with van der Waals surface area (Å²) >= 11 is 0. The van der Waals surface area contributed by atoms with Crippen LogP contribution in [-0.2, 0) is 13.1 Å². The van der Waals surface area contributed by atoms with E-state index in [9.17, 15) is 13.2 Å². The number of rotatable bonds is 1. The standard InChI is InChI=1S/C14H11F3N2/c15-11-4-13(17)14(5-12(11)16)19-6-8-1-2-10(18)3-9(8)7-19/h1-5H,6-7,18H2. The van der Waals surface area contributed by atoms with Crippen LogP contribution in [0.15, 0.2) is 30.3 Å². The van der Waals surface area contributed by atoms with E-state index in [1.54, 1.807) is 11.0 Å². The van der Waals surface area contributed by atoms with Crippen molar-refractivity contribution in [1.29, 1.82) is 0 Å². The minimum Gasteiger partial charge on any atom is -0.399 e. The number of hydrogen-bond donors (Lipinski definition) is 1. The Morgan fingerprint density at radius 2 is 1.53 bits per heavy atom. The molecule has 2 aromatic rings. The summed E-state index contributed by atoms with van der Waals surface area (Å²) in [5.74, 6) is -2.99. The first-order chi connectivity index (χ1) is 9.04. The third-order valence-electron chi connectivity index (χ3n) is 3.28. The Hall–Kier alpha value is -2.17. The van der Waals surface area contributed by atoms with E-state index in [-0.39, 0.29) is 5.69 Å². The minimum absolute atomic E-state index is 0.0636. The fourth-order valence-electron chi connectivity index (χ4n) is 2.34. The highest BCUT2D eigenvalue weighted by atomic mass is 19.2. The Morgan fingerprint density at radius 3 is 2.32 bits per heavy atom. The summed E-state index contributed by atoms with van der Waals surface area (Å²) in [5, 5.41) is 0. The molecular weight excluding hydrogens is 253 g/mol. The molecule has 0 fully saturated rings. The second kappa shape index (κ2) is 4.19. The monoisotopic (exact) mass is 264 g/mol. The molecule has 0 bridgehead atoms. The van der Waals surface area contributed by atoms with Gasteiger partial charge in [-0.3, -0.25) is 0 Å². The molecule has 0 aliphatic carbocycles. The van der Waals surface area contributed by atoms with E-state index in [1.165, 1.54) is 0 Å². The molecule has 2 nitrogen and oxygen atoms in total. The van der Waals surface area contributed by atoms with Crippen LogP contribution in [0.25, 0.3) is 0 Å². The summed E-state index contributed by atoms with van der Waals surface area (Å²) in [6, 6.07) is 6.90. The summed E-state index contributed by atoms with van der Waals surface area (Å²) < 4.78 is 39.8. The van der Waals surface area contributed by atoms with Crippen molar-refractivity contribution in [2.24, 2.45) is 0 Å². The summed E-state index contributed by atoms with van der Waals surface area (Å²) in [6.45, 7) is 0.889. The van der Waals surface area contributed by atoms with Crippen molar-refractivity contribution in [2.75, 3.05) is 10.6 Å². The van der Waals surface area contributed by atoms with E-state index in [0.29, 0.717) is 24.8 Å². The smallest absolute Gasteiger partial charge is 0.161 e. The number of nitrogens with two attached hydrogens (primary N) is 1. The maximum atomic E-state index is 13.7. The average molecular weight is 264 g/mol. The van der Waals surface area contributed by atoms with E-state index in [4.69, 9.17) is 5.73 Å². The van der Waals surface area contributed by atoms with Crippen LogP contribution in [-0.4, -0.2) is 0 Å². The Labute approximate surface area is 108 Å². The minimum atomic E-state index is -1.18. The van der Waals surface area contributed by atoms with Crippen molar-refractivity contribution < 1.29 is 13.2 Å². The van der Waals surface area contributed by atoms with Gasteiger partial charge in [0.15, 0.2) is 11.6 Å². The number of fused-ring (bicyclic) bond motifs is 1. The predicted octanol–water partition coefficient (Wildman–Crippen LogP) is 3.21. The van der Waals surface area contributed by atoms with Gasteiger partial charge < -0.3 is 10.6 Å². The quantitative estimate of drug-likeness (QED) is 0.633. The predicted molar refractivity (Wildman–Crippen MR) is 67.1 cm³/mol. The Morgan fingerprint density at radius 1 is 0.842 bits per heavy atom. The molecule has 3 rings (SSSR count). The van der Waals surface area contributed by atoms with Crippen LogP contribution in [0.3, 0.4) is 0 Å². The lowest BCUT2D eigenvalue weighted by Gasteiger charge is -2.18. The van der Waals surface area contributed by atoms with Crippen LogP contribution < -0.4 is 10.6 Å². The largest absolute Gasteiger partial charge is 0.399 e. The number of anilines is 2. The van der Waals surface area contributed by atoms with Crippen LogP contribution in [0.2, 0.25) is 0 Å². The van der Waals surface area contributed by atoms with Crippen LogP contribution in [0.5, 0.6) is 0 Å². The Balaban J connectivity index is 1.97. The summed E-state index contributed by atoms with van der Waals surface area (Å²) in [7, 11) is 0. The maximum absolute atomic E-state index is 13.7. The van der Waals surface area contributed by atoms with Gasteiger partial charge in [-0.2, -0.15) is 0 Å². The molecule has 1 aliphatic heterocycles. The van der Waals surface area contributed by atoms with Gasteiger partial charge in [-0.15, -0.1) is 0 Å². The van der Waals surface area contributed by atoms with Crippen molar-refractivity contribution in [1.82, 2.24) is 0 Å². The molecular formula is C14H11F3N2. The number of benzene rings is 2. The second-order valence-electron chi connectivity index (χ2n) is 4.60. The molecule has 98 valence electrons. The highest BCUT2D eigenvalue weighted by molar-refractivity contribution is 5.56. The third kappa shape index (κ3) is 2.01. The summed E-state index contributed by atoms with van der Waals surface area (Å²) in [4.78, 5) is 1.65. The summed E-state index contributed by atoms with van der Waals surface area (Å²) in [5.41, 5.74) is 8.37. The molecule has 5 heteroatoms. The molecule has 1 aliphatic rings. The molecule has 2 N–H and O–H groups in total. The molecule has 0 spiro atoms. The zero-order chi connectivity index (χ0) is 13.6. The van der Waals surface area contributed by atoms with E-state index < -0.39 is 17.5 Å². The zero-order valence-corrected chi connectivity index (χ0v) is 9.96. The van der Waals surface area contributed by atoms with E-state index in [0.717, 1.165) is 17.2 Å². The Bertz CT molecular complexity index is 655.